The maximum atomic E-state index is 12.8. The zero-order chi connectivity index (χ0) is 22.3. The van der Waals surface area contributed by atoms with Crippen LogP contribution in [0.15, 0.2) is 46.3 Å². The predicted molar refractivity (Wildman–Crippen MR) is 129 cm³/mol. The molecule has 1 saturated heterocycles. The van der Waals surface area contributed by atoms with Crippen LogP contribution in [0.5, 0.6) is 0 Å². The number of fused-ring (bicyclic) bond motifs is 1. The summed E-state index contributed by atoms with van der Waals surface area (Å²) in [5.41, 5.74) is 9.27. The SMILES string of the molecule is CN(C)c1cccc(-c2cn(C)c(=O)c3cc(C(N)=NC4CCS(=O)(=O)CC4)sc23)c1. The number of thiophene rings is 1. The molecule has 0 amide bonds. The number of nitrogens with zero attached hydrogens (tertiary/aromatic N) is 3. The number of aliphatic imine (C=N–C) groups is 1. The number of hydrogen-bond acceptors (Lipinski definition) is 6. The number of nitrogens with two attached hydrogens (primary N) is 1. The molecule has 3 aromatic rings. The van der Waals surface area contributed by atoms with Crippen LogP contribution in [0.1, 0.15) is 17.7 Å². The van der Waals surface area contributed by atoms with Gasteiger partial charge in [-0.1, -0.05) is 12.1 Å². The summed E-state index contributed by atoms with van der Waals surface area (Å²) in [5.74, 6) is 0.655. The van der Waals surface area contributed by atoms with E-state index in [-0.39, 0.29) is 23.1 Å². The van der Waals surface area contributed by atoms with E-state index in [1.165, 1.54) is 11.3 Å². The van der Waals surface area contributed by atoms with Crippen molar-refractivity contribution in [3.63, 3.8) is 0 Å². The molecule has 0 aliphatic carbocycles. The van der Waals surface area contributed by atoms with Gasteiger partial charge in [-0.3, -0.25) is 9.79 Å². The Balaban J connectivity index is 1.78. The van der Waals surface area contributed by atoms with Gasteiger partial charge in [0.15, 0.2) is 0 Å². The van der Waals surface area contributed by atoms with Crippen LogP contribution < -0.4 is 16.2 Å². The lowest BCUT2D eigenvalue weighted by Gasteiger charge is -2.18. The van der Waals surface area contributed by atoms with E-state index in [0.29, 0.717) is 24.1 Å². The Kier molecular flexibility index (Phi) is 5.65. The van der Waals surface area contributed by atoms with E-state index in [1.54, 1.807) is 17.7 Å². The number of amidine groups is 1. The van der Waals surface area contributed by atoms with E-state index in [9.17, 15) is 13.2 Å². The number of aromatic nitrogens is 1. The number of pyridine rings is 1. The van der Waals surface area contributed by atoms with Crippen molar-refractivity contribution in [3.05, 3.63) is 51.8 Å². The number of anilines is 1. The van der Waals surface area contributed by atoms with Crippen molar-refractivity contribution in [1.29, 1.82) is 0 Å². The fraction of sp³-hybridized carbons (Fsp3) is 0.364. The zero-order valence-corrected chi connectivity index (χ0v) is 19.5. The lowest BCUT2D eigenvalue weighted by atomic mass is 10.1. The highest BCUT2D eigenvalue weighted by Crippen LogP contribution is 2.34. The molecule has 1 aromatic carbocycles. The van der Waals surface area contributed by atoms with Gasteiger partial charge in [-0.25, -0.2) is 8.42 Å². The number of aryl methyl sites for hydroxylation is 1. The van der Waals surface area contributed by atoms with Crippen molar-refractivity contribution in [1.82, 2.24) is 4.57 Å². The van der Waals surface area contributed by atoms with Crippen LogP contribution in [0.4, 0.5) is 5.69 Å². The monoisotopic (exact) mass is 458 g/mol. The first-order valence-electron chi connectivity index (χ1n) is 10.1. The lowest BCUT2D eigenvalue weighted by molar-refractivity contribution is 0.548. The summed E-state index contributed by atoms with van der Waals surface area (Å²) >= 11 is 1.45. The molecule has 7 nitrogen and oxygen atoms in total. The maximum Gasteiger partial charge on any atom is 0.259 e. The fourth-order valence-corrected chi connectivity index (χ4v) is 6.36. The maximum absolute atomic E-state index is 12.8. The first kappa shape index (κ1) is 21.6. The molecule has 164 valence electrons. The van der Waals surface area contributed by atoms with Crippen molar-refractivity contribution in [2.75, 3.05) is 30.5 Å². The smallest absolute Gasteiger partial charge is 0.259 e. The summed E-state index contributed by atoms with van der Waals surface area (Å²) in [7, 11) is 2.79. The zero-order valence-electron chi connectivity index (χ0n) is 17.8. The van der Waals surface area contributed by atoms with Gasteiger partial charge in [-0.2, -0.15) is 0 Å². The van der Waals surface area contributed by atoms with Crippen LogP contribution >= 0.6 is 11.3 Å². The molecule has 0 bridgehead atoms. The minimum atomic E-state index is -2.95. The molecule has 9 heteroatoms. The Hall–Kier alpha value is -2.65. The molecule has 0 spiro atoms. The van der Waals surface area contributed by atoms with Crippen LogP contribution in [0.2, 0.25) is 0 Å². The lowest BCUT2D eigenvalue weighted by Crippen LogP contribution is -2.27. The molecule has 1 aliphatic rings. The van der Waals surface area contributed by atoms with Crippen molar-refractivity contribution in [2.24, 2.45) is 17.8 Å². The standard InChI is InChI=1S/C22H26N4O3S2/c1-25(2)16-6-4-5-14(11-16)18-13-26(3)22(27)17-12-19(30-20(17)18)21(23)24-15-7-9-31(28,29)10-8-15/h4-6,11-13,15H,7-10H2,1-3H3,(H2,23,24). The molecule has 2 aromatic heterocycles. The second kappa shape index (κ2) is 8.12. The van der Waals surface area contributed by atoms with Gasteiger partial charge in [0.25, 0.3) is 5.56 Å². The fourth-order valence-electron chi connectivity index (χ4n) is 3.80. The van der Waals surface area contributed by atoms with Crippen molar-refractivity contribution in [3.8, 4) is 11.1 Å². The topological polar surface area (TPSA) is 97.8 Å². The number of hydrogen-bond donors (Lipinski definition) is 1. The highest BCUT2D eigenvalue weighted by atomic mass is 32.2. The second-order valence-electron chi connectivity index (χ2n) is 8.15. The first-order valence-corrected chi connectivity index (χ1v) is 12.7. The molecule has 1 aliphatic heterocycles. The minimum Gasteiger partial charge on any atom is -0.383 e. The Bertz CT molecular complexity index is 1320. The van der Waals surface area contributed by atoms with Gasteiger partial charge in [0.1, 0.15) is 15.7 Å². The molecule has 4 rings (SSSR count). The molecule has 0 unspecified atom stereocenters. The third-order valence-corrected chi connectivity index (χ3v) is 8.53. The van der Waals surface area contributed by atoms with E-state index < -0.39 is 9.84 Å². The van der Waals surface area contributed by atoms with Crippen LogP contribution in [0.3, 0.4) is 0 Å². The normalized spacial score (nSPS) is 17.2. The molecular formula is C22H26N4O3S2. The van der Waals surface area contributed by atoms with Crippen LogP contribution in [-0.2, 0) is 16.9 Å². The number of sulfone groups is 1. The Morgan fingerprint density at radius 1 is 1.23 bits per heavy atom. The average molecular weight is 459 g/mol. The van der Waals surface area contributed by atoms with Crippen LogP contribution in [0.25, 0.3) is 21.2 Å². The van der Waals surface area contributed by atoms with Gasteiger partial charge in [-0.05, 0) is 36.6 Å². The van der Waals surface area contributed by atoms with Crippen LogP contribution in [0, 0.1) is 0 Å². The summed E-state index contributed by atoms with van der Waals surface area (Å²) in [6.07, 6.45) is 2.83. The summed E-state index contributed by atoms with van der Waals surface area (Å²) in [6, 6.07) is 9.87. The quantitative estimate of drug-likeness (QED) is 0.479. The Morgan fingerprint density at radius 3 is 2.61 bits per heavy atom. The third-order valence-electron chi connectivity index (χ3n) is 5.62. The van der Waals surface area contributed by atoms with Gasteiger partial charge in [0.2, 0.25) is 0 Å². The number of benzene rings is 1. The molecular weight excluding hydrogens is 432 g/mol. The third kappa shape index (κ3) is 4.38. The van der Waals surface area contributed by atoms with Gasteiger partial charge >= 0.3 is 0 Å². The minimum absolute atomic E-state index is 0.0819. The highest BCUT2D eigenvalue weighted by molar-refractivity contribution is 7.91. The summed E-state index contributed by atoms with van der Waals surface area (Å²) in [5, 5.41) is 0.611. The largest absolute Gasteiger partial charge is 0.383 e. The molecule has 3 heterocycles. The molecule has 0 atom stereocenters. The van der Waals surface area contributed by atoms with E-state index in [4.69, 9.17) is 5.73 Å². The highest BCUT2D eigenvalue weighted by Gasteiger charge is 2.24. The van der Waals surface area contributed by atoms with Gasteiger partial charge < -0.3 is 15.2 Å². The summed E-state index contributed by atoms with van der Waals surface area (Å²) in [6.45, 7) is 0. The second-order valence-corrected chi connectivity index (χ2v) is 11.5. The molecule has 0 radical (unpaired) electrons. The van der Waals surface area contributed by atoms with E-state index >= 15 is 0 Å². The Labute approximate surface area is 185 Å². The molecule has 2 N–H and O–H groups in total. The summed E-state index contributed by atoms with van der Waals surface area (Å²) in [4.78, 5) is 20.2. The Morgan fingerprint density at radius 2 is 1.94 bits per heavy atom. The van der Waals surface area contributed by atoms with Gasteiger partial charge in [0.05, 0.1) is 27.8 Å². The van der Waals surface area contributed by atoms with Crippen LogP contribution in [-0.4, -0.2) is 50.5 Å². The first-order chi connectivity index (χ1) is 14.6. The van der Waals surface area contributed by atoms with E-state index in [2.05, 4.69) is 11.1 Å². The average Bonchev–Trinajstić information content (AvgIpc) is 3.18. The predicted octanol–water partition coefficient (Wildman–Crippen LogP) is 2.62. The van der Waals surface area contributed by atoms with Crippen molar-refractivity contribution >= 4 is 42.8 Å². The van der Waals surface area contributed by atoms with E-state index in [1.807, 2.05) is 43.4 Å². The van der Waals surface area contributed by atoms with Gasteiger partial charge in [-0.15, -0.1) is 11.3 Å². The molecule has 0 saturated carbocycles. The van der Waals surface area contributed by atoms with Crippen molar-refractivity contribution < 1.29 is 8.42 Å². The molecule has 31 heavy (non-hydrogen) atoms. The molecule has 1 fully saturated rings. The van der Waals surface area contributed by atoms with Gasteiger partial charge in [0, 0.05) is 43.3 Å². The number of rotatable bonds is 4. The van der Waals surface area contributed by atoms with E-state index in [0.717, 1.165) is 26.4 Å². The summed E-state index contributed by atoms with van der Waals surface area (Å²) < 4.78 is 25.8. The van der Waals surface area contributed by atoms with Crippen molar-refractivity contribution in [2.45, 2.75) is 18.9 Å².